The molecule has 13 aromatic carbocycles. The van der Waals surface area contributed by atoms with Crippen LogP contribution in [0.25, 0.3) is 131 Å². The van der Waals surface area contributed by atoms with Crippen molar-refractivity contribution in [3.63, 3.8) is 0 Å². The van der Waals surface area contributed by atoms with Crippen molar-refractivity contribution in [2.24, 2.45) is 0 Å². The average Bonchev–Trinajstić information content (AvgIpc) is 3.78. The summed E-state index contributed by atoms with van der Waals surface area (Å²) < 4.78 is 0. The van der Waals surface area contributed by atoms with E-state index in [1.807, 2.05) is 0 Å². The lowest BCUT2D eigenvalue weighted by Gasteiger charge is -2.15. The molecule has 13 rings (SSSR count). The Labute approximate surface area is 386 Å². The van der Waals surface area contributed by atoms with Crippen molar-refractivity contribution in [3.8, 4) is 44.5 Å². The van der Waals surface area contributed by atoms with Gasteiger partial charge in [-0.25, -0.2) is 0 Å². The van der Waals surface area contributed by atoms with E-state index in [2.05, 4.69) is 213 Å². The van der Waals surface area contributed by atoms with Crippen LogP contribution < -0.4 is 0 Å². The zero-order valence-corrected chi connectivity index (χ0v) is 39.0. The Morgan fingerprint density at radius 3 is 0.848 bits per heavy atom. The standard InChI is InChI=1S/C66H50/c1-35-23-39(5)63(40(6)24-35)43-17-19-49-53(27-43)61-33-55-51(59-31-45(29-57(49)65(59)61)47-15-11-9-13-37(47)3)21-22-52-56(55)34-62-54-28-44(64-41(7)25-36(2)26-42(64)8)18-20-50(54)58-30-46(32-60(52)66(58)62)48-16-12-10-14-38(48)4/h9-34H,1-8H3. The van der Waals surface area contributed by atoms with Gasteiger partial charge in [0.1, 0.15) is 0 Å². The molecule has 0 unspecified atom stereocenters. The second kappa shape index (κ2) is 14.0. The topological polar surface area (TPSA) is 0 Å². The fourth-order valence-corrected chi connectivity index (χ4v) is 12.7. The lowest BCUT2D eigenvalue weighted by atomic mass is 9.88. The van der Waals surface area contributed by atoms with Crippen molar-refractivity contribution >= 4 is 86.2 Å². The van der Waals surface area contributed by atoms with E-state index in [-0.39, 0.29) is 0 Å². The number of fused-ring (bicyclic) bond motifs is 11. The summed E-state index contributed by atoms with van der Waals surface area (Å²) in [5, 5.41) is 21.2. The van der Waals surface area contributed by atoms with Crippen molar-refractivity contribution in [2.45, 2.75) is 55.4 Å². The van der Waals surface area contributed by atoms with Gasteiger partial charge in [0, 0.05) is 0 Å². The minimum atomic E-state index is 1.27. The van der Waals surface area contributed by atoms with Crippen LogP contribution in [0.2, 0.25) is 0 Å². The van der Waals surface area contributed by atoms with Crippen LogP contribution in [-0.4, -0.2) is 0 Å². The summed E-state index contributed by atoms with van der Waals surface area (Å²) >= 11 is 0. The predicted octanol–water partition coefficient (Wildman–Crippen LogP) is 18.9. The van der Waals surface area contributed by atoms with Gasteiger partial charge in [-0.1, -0.05) is 120 Å². The molecule has 0 nitrogen and oxygen atoms in total. The maximum Gasteiger partial charge on any atom is -0.00195 e. The Bertz CT molecular complexity index is 3910. The van der Waals surface area contributed by atoms with Crippen molar-refractivity contribution < 1.29 is 0 Å². The fourth-order valence-electron chi connectivity index (χ4n) is 12.7. The Hall–Kier alpha value is -7.54. The molecule has 13 aromatic rings. The molecule has 0 spiro atoms. The van der Waals surface area contributed by atoms with E-state index < -0.39 is 0 Å². The normalized spacial score (nSPS) is 12.2. The molecule has 0 aliphatic heterocycles. The third-order valence-electron chi connectivity index (χ3n) is 15.3. The Morgan fingerprint density at radius 1 is 0.212 bits per heavy atom. The molecule has 0 bridgehead atoms. The second-order valence-corrected chi connectivity index (χ2v) is 19.7. The summed E-state index contributed by atoms with van der Waals surface area (Å²) in [5.41, 5.74) is 20.8. The monoisotopic (exact) mass is 842 g/mol. The van der Waals surface area contributed by atoms with Gasteiger partial charge < -0.3 is 0 Å². The number of hydrogen-bond donors (Lipinski definition) is 0. The van der Waals surface area contributed by atoms with Crippen LogP contribution in [0.3, 0.4) is 0 Å². The van der Waals surface area contributed by atoms with E-state index in [0.717, 1.165) is 0 Å². The quantitative estimate of drug-likeness (QED) is 0.155. The Kier molecular flexibility index (Phi) is 8.24. The summed E-state index contributed by atoms with van der Waals surface area (Å²) in [6.45, 7) is 17.9. The molecule has 0 radical (unpaired) electrons. The van der Waals surface area contributed by atoms with Gasteiger partial charge in [-0.2, -0.15) is 0 Å². The van der Waals surface area contributed by atoms with E-state index in [1.54, 1.807) is 0 Å². The van der Waals surface area contributed by atoms with Crippen LogP contribution in [0.5, 0.6) is 0 Å². The largest absolute Gasteiger partial charge is 0.0620 e. The molecule has 314 valence electrons. The minimum absolute atomic E-state index is 1.27. The van der Waals surface area contributed by atoms with Gasteiger partial charge in [-0.3, -0.25) is 0 Å². The first-order chi connectivity index (χ1) is 32.0. The molecule has 0 amide bonds. The molecule has 0 heteroatoms. The van der Waals surface area contributed by atoms with Crippen molar-refractivity contribution in [2.75, 3.05) is 0 Å². The third-order valence-corrected chi connectivity index (χ3v) is 15.3. The molecule has 0 atom stereocenters. The van der Waals surface area contributed by atoms with Crippen LogP contribution in [-0.2, 0) is 0 Å². The lowest BCUT2D eigenvalue weighted by molar-refractivity contribution is 1.32. The molecule has 0 saturated carbocycles. The summed E-state index contributed by atoms with van der Waals surface area (Å²) in [7, 11) is 0. The third kappa shape index (κ3) is 5.51. The highest BCUT2D eigenvalue weighted by Crippen LogP contribution is 2.50. The first-order valence-electron chi connectivity index (χ1n) is 23.6. The van der Waals surface area contributed by atoms with Crippen LogP contribution >= 0.6 is 0 Å². The number of benzene rings is 11. The smallest absolute Gasteiger partial charge is 0.00195 e. The molecule has 0 aliphatic rings. The summed E-state index contributed by atoms with van der Waals surface area (Å²) in [5.74, 6) is 0. The van der Waals surface area contributed by atoms with Crippen LogP contribution in [0, 0.1) is 55.4 Å². The molecule has 66 heavy (non-hydrogen) atoms. The maximum atomic E-state index is 2.55. The molecule has 0 saturated heterocycles. The highest BCUT2D eigenvalue weighted by Gasteiger charge is 2.23. The van der Waals surface area contributed by atoms with E-state index in [4.69, 9.17) is 0 Å². The maximum absolute atomic E-state index is 2.55. The van der Waals surface area contributed by atoms with E-state index in [0.29, 0.717) is 0 Å². The summed E-state index contributed by atoms with van der Waals surface area (Å²) in [6.07, 6.45) is 0. The molecule has 0 aromatic heterocycles. The SMILES string of the molecule is Cc1cc(C)c(-c2ccc3c(c2)c2cc4c5cc6c7cc(-c8c(C)cc(C)cc8C)ccc7c7cc(-c8ccccc8C)cc(c5ccc4c4cc(-c5ccccc5C)cc3c42)c76)c(C)c1. The first-order valence-corrected chi connectivity index (χ1v) is 23.6. The first kappa shape index (κ1) is 38.9. The van der Waals surface area contributed by atoms with Gasteiger partial charge in [0.2, 0.25) is 0 Å². The van der Waals surface area contributed by atoms with Gasteiger partial charge in [0.25, 0.3) is 0 Å². The number of aryl methyl sites for hydroxylation is 8. The highest BCUT2D eigenvalue weighted by molar-refractivity contribution is 6.41. The van der Waals surface area contributed by atoms with Gasteiger partial charge in [-0.05, 0) is 268 Å². The van der Waals surface area contributed by atoms with E-state index >= 15 is 0 Å². The molecule has 0 heterocycles. The molecule has 0 fully saturated rings. The van der Waals surface area contributed by atoms with Crippen molar-refractivity contribution in [3.05, 3.63) is 202 Å². The van der Waals surface area contributed by atoms with Gasteiger partial charge in [0.15, 0.2) is 0 Å². The Morgan fingerprint density at radius 2 is 0.500 bits per heavy atom. The van der Waals surface area contributed by atoms with Gasteiger partial charge >= 0.3 is 0 Å². The average molecular weight is 843 g/mol. The zero-order chi connectivity index (χ0) is 44.9. The van der Waals surface area contributed by atoms with Gasteiger partial charge in [0.05, 0.1) is 0 Å². The van der Waals surface area contributed by atoms with Crippen LogP contribution in [0.15, 0.2) is 158 Å². The second-order valence-electron chi connectivity index (χ2n) is 19.7. The van der Waals surface area contributed by atoms with E-state index in [1.165, 1.54) is 175 Å². The van der Waals surface area contributed by atoms with Crippen molar-refractivity contribution in [1.29, 1.82) is 0 Å². The highest BCUT2D eigenvalue weighted by atomic mass is 14.3. The zero-order valence-electron chi connectivity index (χ0n) is 39.0. The van der Waals surface area contributed by atoms with Crippen molar-refractivity contribution in [1.82, 2.24) is 0 Å². The summed E-state index contributed by atoms with van der Waals surface area (Å²) in [4.78, 5) is 0. The Balaban J connectivity index is 1.20. The lowest BCUT2D eigenvalue weighted by Crippen LogP contribution is -1.90. The molecule has 0 N–H and O–H groups in total. The van der Waals surface area contributed by atoms with Crippen LogP contribution in [0.4, 0.5) is 0 Å². The van der Waals surface area contributed by atoms with E-state index in [9.17, 15) is 0 Å². The molecular weight excluding hydrogens is 793 g/mol. The predicted molar refractivity (Wildman–Crippen MR) is 289 cm³/mol. The number of rotatable bonds is 4. The molecular formula is C66H50. The summed E-state index contributed by atoms with van der Waals surface area (Å²) in [6, 6.07) is 61.4. The fraction of sp³-hybridized carbons (Fsp3) is 0.121. The van der Waals surface area contributed by atoms with Gasteiger partial charge in [-0.15, -0.1) is 0 Å². The number of hydrogen-bond acceptors (Lipinski definition) is 0. The van der Waals surface area contributed by atoms with Crippen LogP contribution in [0.1, 0.15) is 44.5 Å². The molecule has 0 aliphatic carbocycles. The minimum Gasteiger partial charge on any atom is -0.0620 e.